The van der Waals surface area contributed by atoms with Gasteiger partial charge in [-0.05, 0) is 120 Å². The van der Waals surface area contributed by atoms with Gasteiger partial charge in [0.05, 0.1) is 16.4 Å². The Balaban J connectivity index is 1.04. The Morgan fingerprint density at radius 1 is 0.389 bits per heavy atom. The van der Waals surface area contributed by atoms with Gasteiger partial charge < -0.3 is 0 Å². The van der Waals surface area contributed by atoms with E-state index < -0.39 is 5.41 Å². The molecule has 0 radical (unpaired) electrons. The molecule has 2 nitrogen and oxygen atoms in total. The molecule has 2 heteroatoms. The van der Waals surface area contributed by atoms with E-state index in [4.69, 9.17) is 4.98 Å². The summed E-state index contributed by atoms with van der Waals surface area (Å²) in [6.45, 7) is 0. The molecule has 1 aromatic heterocycles. The minimum atomic E-state index is -0.408. The van der Waals surface area contributed by atoms with Gasteiger partial charge in [-0.25, -0.2) is 4.98 Å². The summed E-state index contributed by atoms with van der Waals surface area (Å²) in [6, 6.07) is 71.4. The molecule has 0 unspecified atom stereocenters. The molecule has 250 valence electrons. The van der Waals surface area contributed by atoms with E-state index in [0.29, 0.717) is 0 Å². The molecule has 9 aromatic carbocycles. The zero-order valence-electron chi connectivity index (χ0n) is 29.4. The highest BCUT2D eigenvalue weighted by atomic mass is 15.1. The highest BCUT2D eigenvalue weighted by Gasteiger charge is 2.52. The van der Waals surface area contributed by atoms with Crippen molar-refractivity contribution in [1.82, 2.24) is 9.55 Å². The van der Waals surface area contributed by atoms with Crippen molar-refractivity contribution in [2.24, 2.45) is 0 Å². The second-order valence-corrected chi connectivity index (χ2v) is 14.7. The summed E-state index contributed by atoms with van der Waals surface area (Å²) < 4.78 is 2.27. The normalized spacial score (nSPS) is 13.3. The maximum atomic E-state index is 5.05. The molecule has 0 amide bonds. The van der Waals surface area contributed by atoms with Crippen LogP contribution in [0.1, 0.15) is 22.3 Å². The first-order valence-electron chi connectivity index (χ1n) is 18.7. The smallest absolute Gasteiger partial charge is 0.145 e. The van der Waals surface area contributed by atoms with Gasteiger partial charge in [0.15, 0.2) is 0 Å². The van der Waals surface area contributed by atoms with Crippen LogP contribution in [0.4, 0.5) is 0 Å². The summed E-state index contributed by atoms with van der Waals surface area (Å²) in [5, 5.41) is 5.11. The van der Waals surface area contributed by atoms with Crippen LogP contribution in [0.2, 0.25) is 0 Å². The maximum absolute atomic E-state index is 5.05. The second-order valence-electron chi connectivity index (χ2n) is 14.7. The van der Waals surface area contributed by atoms with Gasteiger partial charge in [0.25, 0.3) is 0 Å². The van der Waals surface area contributed by atoms with E-state index in [-0.39, 0.29) is 0 Å². The van der Waals surface area contributed by atoms with Gasteiger partial charge in [-0.1, -0.05) is 152 Å². The Bertz CT molecular complexity index is 3100. The van der Waals surface area contributed by atoms with Gasteiger partial charge in [0.2, 0.25) is 0 Å². The Labute approximate surface area is 313 Å². The van der Waals surface area contributed by atoms with E-state index in [1.54, 1.807) is 0 Å². The quantitative estimate of drug-likeness (QED) is 0.181. The summed E-state index contributed by atoms with van der Waals surface area (Å²) >= 11 is 0. The van der Waals surface area contributed by atoms with Crippen molar-refractivity contribution in [3.63, 3.8) is 0 Å². The number of fused-ring (bicyclic) bond motifs is 14. The number of rotatable bonds is 3. The summed E-state index contributed by atoms with van der Waals surface area (Å²) in [5.74, 6) is 0.946. The van der Waals surface area contributed by atoms with Crippen LogP contribution >= 0.6 is 0 Å². The van der Waals surface area contributed by atoms with Crippen molar-refractivity contribution in [3.05, 3.63) is 216 Å². The van der Waals surface area contributed by atoms with Crippen molar-refractivity contribution < 1.29 is 0 Å². The third kappa shape index (κ3) is 3.92. The topological polar surface area (TPSA) is 17.8 Å². The number of hydrogen-bond acceptors (Lipinski definition) is 1. The lowest BCUT2D eigenvalue weighted by molar-refractivity contribution is 0.802. The molecule has 0 fully saturated rings. The summed E-state index contributed by atoms with van der Waals surface area (Å²) in [4.78, 5) is 5.05. The van der Waals surface area contributed by atoms with Gasteiger partial charge in [0, 0.05) is 11.3 Å². The van der Waals surface area contributed by atoms with E-state index >= 15 is 0 Å². The molecule has 0 saturated heterocycles. The highest BCUT2D eigenvalue weighted by molar-refractivity contribution is 6.07. The van der Waals surface area contributed by atoms with Crippen molar-refractivity contribution in [2.75, 3.05) is 0 Å². The fraction of sp³-hybridized carbons (Fsp3) is 0.0192. The maximum Gasteiger partial charge on any atom is 0.145 e. The van der Waals surface area contributed by atoms with E-state index in [1.165, 1.54) is 77.2 Å². The summed E-state index contributed by atoms with van der Waals surface area (Å²) in [7, 11) is 0. The zero-order valence-corrected chi connectivity index (χ0v) is 29.4. The van der Waals surface area contributed by atoms with Crippen LogP contribution in [0.25, 0.3) is 83.0 Å². The highest BCUT2D eigenvalue weighted by Crippen LogP contribution is 2.64. The van der Waals surface area contributed by atoms with Crippen LogP contribution in [0.3, 0.4) is 0 Å². The lowest BCUT2D eigenvalue weighted by Crippen LogP contribution is -2.26. The minimum Gasteiger partial charge on any atom is -0.292 e. The fourth-order valence-electron chi connectivity index (χ4n) is 9.71. The van der Waals surface area contributed by atoms with E-state index in [0.717, 1.165) is 28.1 Å². The molecular formula is C52H32N2. The third-order valence-corrected chi connectivity index (χ3v) is 12.0. The number of imidazole rings is 1. The van der Waals surface area contributed by atoms with Crippen LogP contribution < -0.4 is 0 Å². The largest absolute Gasteiger partial charge is 0.292 e. The molecule has 0 saturated carbocycles. The molecule has 0 bridgehead atoms. The number of para-hydroxylation sites is 2. The molecular weight excluding hydrogens is 653 g/mol. The molecule has 1 heterocycles. The minimum absolute atomic E-state index is 0.408. The van der Waals surface area contributed by atoms with Crippen molar-refractivity contribution in [2.45, 2.75) is 5.41 Å². The number of nitrogens with zero attached hydrogens (tertiary/aromatic N) is 2. The Morgan fingerprint density at radius 3 is 1.81 bits per heavy atom. The van der Waals surface area contributed by atoms with Crippen LogP contribution in [0.5, 0.6) is 0 Å². The van der Waals surface area contributed by atoms with E-state index in [1.807, 2.05) is 0 Å². The first kappa shape index (κ1) is 29.5. The van der Waals surface area contributed by atoms with Crippen molar-refractivity contribution >= 4 is 32.6 Å². The second kappa shape index (κ2) is 11.0. The van der Waals surface area contributed by atoms with Crippen LogP contribution in [-0.2, 0) is 5.41 Å². The standard InChI is InChI=1S/C52H32N2/c1-2-12-34(13-3-1)51-53-48-20-10-11-21-49(48)54(51)39-26-22-33(23-27-39)37-24-28-40-38(30-37)25-29-43-44-31-35-14-4-5-15-36(35)32-47(44)52(50(40)43)45-18-8-6-16-41(45)42-17-7-9-19-46(42)52/h1-32H. The molecule has 2 aliphatic rings. The first-order chi connectivity index (χ1) is 26.8. The Hall–Kier alpha value is -7.03. The Kier molecular flexibility index (Phi) is 6.01. The monoisotopic (exact) mass is 684 g/mol. The molecule has 1 spiro atoms. The van der Waals surface area contributed by atoms with Crippen LogP contribution in [0, 0.1) is 0 Å². The van der Waals surface area contributed by atoms with E-state index in [2.05, 4.69) is 199 Å². The Morgan fingerprint density at radius 2 is 1.04 bits per heavy atom. The molecule has 2 aliphatic carbocycles. The van der Waals surface area contributed by atoms with Crippen molar-refractivity contribution in [3.8, 4) is 50.5 Å². The van der Waals surface area contributed by atoms with Gasteiger partial charge in [-0.15, -0.1) is 0 Å². The number of aromatic nitrogens is 2. The molecule has 54 heavy (non-hydrogen) atoms. The third-order valence-electron chi connectivity index (χ3n) is 12.0. The fourth-order valence-corrected chi connectivity index (χ4v) is 9.71. The summed E-state index contributed by atoms with van der Waals surface area (Å²) in [5.41, 5.74) is 17.1. The van der Waals surface area contributed by atoms with E-state index in [9.17, 15) is 0 Å². The predicted octanol–water partition coefficient (Wildman–Crippen LogP) is 13.0. The average molecular weight is 685 g/mol. The van der Waals surface area contributed by atoms with Gasteiger partial charge in [-0.3, -0.25) is 4.57 Å². The lowest BCUT2D eigenvalue weighted by Gasteiger charge is -2.31. The number of hydrogen-bond donors (Lipinski definition) is 0. The molecule has 0 N–H and O–H groups in total. The van der Waals surface area contributed by atoms with Gasteiger partial charge >= 0.3 is 0 Å². The number of benzene rings is 9. The first-order valence-corrected chi connectivity index (χ1v) is 18.7. The molecule has 0 aliphatic heterocycles. The van der Waals surface area contributed by atoms with Crippen LogP contribution in [0.15, 0.2) is 194 Å². The van der Waals surface area contributed by atoms with Crippen LogP contribution in [-0.4, -0.2) is 9.55 Å². The molecule has 0 atom stereocenters. The predicted molar refractivity (Wildman–Crippen MR) is 223 cm³/mol. The SMILES string of the molecule is c1ccc(-c2nc3ccccc3n2-c2ccc(-c3ccc4c5c(ccc4c3)-c3cc4ccccc4cc3C53c4ccccc4-c4ccccc43)cc2)cc1. The van der Waals surface area contributed by atoms with Gasteiger partial charge in [-0.2, -0.15) is 0 Å². The zero-order chi connectivity index (χ0) is 35.4. The van der Waals surface area contributed by atoms with Gasteiger partial charge in [0.1, 0.15) is 5.82 Å². The average Bonchev–Trinajstić information content (AvgIpc) is 3.87. The summed E-state index contributed by atoms with van der Waals surface area (Å²) in [6.07, 6.45) is 0. The molecule has 10 aromatic rings. The lowest BCUT2D eigenvalue weighted by atomic mass is 9.69. The van der Waals surface area contributed by atoms with Crippen molar-refractivity contribution in [1.29, 1.82) is 0 Å². The molecule has 12 rings (SSSR count).